The Kier molecular flexibility index (Phi) is 4.18. The highest BCUT2D eigenvalue weighted by molar-refractivity contribution is 6.33. The zero-order valence-electron chi connectivity index (χ0n) is 12.3. The van der Waals surface area contributed by atoms with E-state index in [0.29, 0.717) is 0 Å². The van der Waals surface area contributed by atoms with Crippen LogP contribution >= 0.6 is 11.6 Å². The number of nitrogens with one attached hydrogen (secondary N) is 1. The molecule has 1 atom stereocenters. The van der Waals surface area contributed by atoms with Gasteiger partial charge in [-0.3, -0.25) is 0 Å². The van der Waals surface area contributed by atoms with Crippen molar-refractivity contribution in [2.75, 3.05) is 24.5 Å². The lowest BCUT2D eigenvalue weighted by Gasteiger charge is -2.35. The number of hydrogen-bond donors (Lipinski definition) is 1. The van der Waals surface area contributed by atoms with Gasteiger partial charge in [-0.15, -0.1) is 0 Å². The van der Waals surface area contributed by atoms with Gasteiger partial charge in [0, 0.05) is 13.1 Å². The third kappa shape index (κ3) is 3.07. The first-order valence-corrected chi connectivity index (χ1v) is 7.87. The molecule has 3 rings (SSSR count). The summed E-state index contributed by atoms with van der Waals surface area (Å²) < 4.78 is 0. The fourth-order valence-electron chi connectivity index (χ4n) is 3.06. The van der Waals surface area contributed by atoms with Crippen LogP contribution in [0.3, 0.4) is 0 Å². The zero-order valence-corrected chi connectivity index (χ0v) is 13.1. The number of nitrogens with zero attached hydrogens (tertiary/aromatic N) is 1. The summed E-state index contributed by atoms with van der Waals surface area (Å²) in [6.45, 7) is 5.24. The van der Waals surface area contributed by atoms with Crippen LogP contribution in [0.1, 0.15) is 18.9 Å². The van der Waals surface area contributed by atoms with Crippen LogP contribution in [0.4, 0.5) is 5.69 Å². The number of anilines is 1. The van der Waals surface area contributed by atoms with Gasteiger partial charge in [-0.2, -0.15) is 0 Å². The Bertz CT molecular complexity index is 599. The minimum atomic E-state index is -0.0586. The lowest BCUT2D eigenvalue weighted by Crippen LogP contribution is -2.46. The van der Waals surface area contributed by atoms with Gasteiger partial charge in [0.1, 0.15) is 0 Å². The van der Waals surface area contributed by atoms with Crippen LogP contribution in [-0.2, 0) is 5.54 Å². The van der Waals surface area contributed by atoms with E-state index in [-0.39, 0.29) is 5.54 Å². The molecule has 2 aromatic rings. The Morgan fingerprint density at radius 3 is 2.52 bits per heavy atom. The van der Waals surface area contributed by atoms with E-state index in [0.717, 1.165) is 36.8 Å². The molecule has 0 aliphatic carbocycles. The molecule has 2 nitrogen and oxygen atoms in total. The number of halogens is 1. The smallest absolute Gasteiger partial charge is 0.0639 e. The van der Waals surface area contributed by atoms with Crippen LogP contribution in [0.25, 0.3) is 0 Å². The molecule has 1 aliphatic heterocycles. The Labute approximate surface area is 131 Å². The summed E-state index contributed by atoms with van der Waals surface area (Å²) in [6, 6.07) is 18.8. The summed E-state index contributed by atoms with van der Waals surface area (Å²) in [5, 5.41) is 4.54. The number of rotatable bonds is 2. The van der Waals surface area contributed by atoms with Gasteiger partial charge in [0.05, 0.1) is 16.2 Å². The van der Waals surface area contributed by atoms with Crippen molar-refractivity contribution in [2.45, 2.75) is 18.9 Å². The summed E-state index contributed by atoms with van der Waals surface area (Å²) >= 11 is 6.39. The molecule has 1 N–H and O–H groups in total. The van der Waals surface area contributed by atoms with E-state index in [1.54, 1.807) is 0 Å². The molecule has 2 aromatic carbocycles. The van der Waals surface area contributed by atoms with Gasteiger partial charge in [0.25, 0.3) is 0 Å². The Morgan fingerprint density at radius 1 is 1.05 bits per heavy atom. The first-order chi connectivity index (χ1) is 10.2. The van der Waals surface area contributed by atoms with E-state index >= 15 is 0 Å². The minimum absolute atomic E-state index is 0.0586. The first-order valence-electron chi connectivity index (χ1n) is 7.49. The van der Waals surface area contributed by atoms with E-state index in [2.05, 4.69) is 59.6 Å². The minimum Gasteiger partial charge on any atom is -0.368 e. The van der Waals surface area contributed by atoms with Crippen LogP contribution < -0.4 is 10.2 Å². The molecule has 0 saturated carbocycles. The average molecular weight is 301 g/mol. The van der Waals surface area contributed by atoms with Crippen molar-refractivity contribution in [3.05, 3.63) is 65.2 Å². The zero-order chi connectivity index (χ0) is 14.7. The van der Waals surface area contributed by atoms with Gasteiger partial charge >= 0.3 is 0 Å². The van der Waals surface area contributed by atoms with Crippen molar-refractivity contribution in [3.63, 3.8) is 0 Å². The van der Waals surface area contributed by atoms with Crippen LogP contribution in [0.2, 0.25) is 5.02 Å². The molecule has 0 spiro atoms. The normalized spacial score (nSPS) is 22.9. The van der Waals surface area contributed by atoms with E-state index < -0.39 is 0 Å². The maximum absolute atomic E-state index is 6.39. The quantitative estimate of drug-likeness (QED) is 0.900. The van der Waals surface area contributed by atoms with Gasteiger partial charge in [-0.1, -0.05) is 54.1 Å². The highest BCUT2D eigenvalue weighted by Gasteiger charge is 2.31. The topological polar surface area (TPSA) is 15.3 Å². The summed E-state index contributed by atoms with van der Waals surface area (Å²) in [5.74, 6) is 0. The second-order valence-corrected chi connectivity index (χ2v) is 6.26. The monoisotopic (exact) mass is 300 g/mol. The van der Waals surface area contributed by atoms with E-state index in [1.807, 2.05) is 12.1 Å². The predicted molar refractivity (Wildman–Crippen MR) is 90.1 cm³/mol. The van der Waals surface area contributed by atoms with Crippen molar-refractivity contribution < 1.29 is 0 Å². The molecule has 1 saturated heterocycles. The summed E-state index contributed by atoms with van der Waals surface area (Å²) in [5.41, 5.74) is 2.39. The molecule has 0 bridgehead atoms. The second-order valence-electron chi connectivity index (χ2n) is 5.85. The van der Waals surface area contributed by atoms with Gasteiger partial charge in [-0.25, -0.2) is 0 Å². The van der Waals surface area contributed by atoms with Crippen LogP contribution in [0.15, 0.2) is 54.6 Å². The molecule has 1 unspecified atom stereocenters. The van der Waals surface area contributed by atoms with Gasteiger partial charge < -0.3 is 10.2 Å². The standard InChI is InChI=1S/C18H21ClN2/c1-18(15-8-3-2-4-9-15)14-21(13-7-12-20-18)17-11-6-5-10-16(17)19/h2-6,8-11,20H,7,12-14H2,1H3. The highest BCUT2D eigenvalue weighted by Crippen LogP contribution is 2.31. The summed E-state index contributed by atoms with van der Waals surface area (Å²) in [7, 11) is 0. The molecule has 1 fully saturated rings. The van der Waals surface area contributed by atoms with Gasteiger partial charge in [0.2, 0.25) is 0 Å². The lowest BCUT2D eigenvalue weighted by molar-refractivity contribution is 0.392. The Balaban J connectivity index is 1.93. The van der Waals surface area contributed by atoms with Crippen LogP contribution in [-0.4, -0.2) is 19.6 Å². The largest absolute Gasteiger partial charge is 0.368 e. The van der Waals surface area contributed by atoms with Gasteiger partial charge in [0.15, 0.2) is 0 Å². The number of benzene rings is 2. The number of para-hydroxylation sites is 1. The highest BCUT2D eigenvalue weighted by atomic mass is 35.5. The van der Waals surface area contributed by atoms with Crippen LogP contribution in [0.5, 0.6) is 0 Å². The van der Waals surface area contributed by atoms with Crippen molar-refractivity contribution in [2.24, 2.45) is 0 Å². The summed E-state index contributed by atoms with van der Waals surface area (Å²) in [6.07, 6.45) is 1.12. The molecule has 0 amide bonds. The fourth-order valence-corrected chi connectivity index (χ4v) is 3.32. The second kappa shape index (κ2) is 6.08. The summed E-state index contributed by atoms with van der Waals surface area (Å²) in [4.78, 5) is 2.40. The number of hydrogen-bond acceptors (Lipinski definition) is 2. The van der Waals surface area contributed by atoms with E-state index in [9.17, 15) is 0 Å². The average Bonchev–Trinajstić information content (AvgIpc) is 2.72. The van der Waals surface area contributed by atoms with Crippen molar-refractivity contribution >= 4 is 17.3 Å². The van der Waals surface area contributed by atoms with Gasteiger partial charge in [-0.05, 0) is 37.6 Å². The Morgan fingerprint density at radius 2 is 1.76 bits per heavy atom. The predicted octanol–water partition coefficient (Wildman–Crippen LogP) is 4.06. The third-order valence-electron chi connectivity index (χ3n) is 4.23. The fraction of sp³-hybridized carbons (Fsp3) is 0.333. The Hall–Kier alpha value is -1.51. The molecular formula is C18H21ClN2. The molecule has 0 aromatic heterocycles. The van der Waals surface area contributed by atoms with Crippen molar-refractivity contribution in [1.29, 1.82) is 0 Å². The molecule has 0 radical (unpaired) electrons. The van der Waals surface area contributed by atoms with E-state index in [4.69, 9.17) is 11.6 Å². The van der Waals surface area contributed by atoms with Crippen molar-refractivity contribution in [3.8, 4) is 0 Å². The first kappa shape index (κ1) is 14.4. The van der Waals surface area contributed by atoms with E-state index in [1.165, 1.54) is 5.56 Å². The molecular weight excluding hydrogens is 280 g/mol. The molecule has 110 valence electrons. The molecule has 1 heterocycles. The molecule has 1 aliphatic rings. The molecule has 3 heteroatoms. The maximum Gasteiger partial charge on any atom is 0.0639 e. The van der Waals surface area contributed by atoms with Crippen molar-refractivity contribution in [1.82, 2.24) is 5.32 Å². The maximum atomic E-state index is 6.39. The SMILES string of the molecule is CC1(c2ccccc2)CN(c2ccccc2Cl)CCCN1. The molecule has 21 heavy (non-hydrogen) atoms. The third-order valence-corrected chi connectivity index (χ3v) is 4.55. The van der Waals surface area contributed by atoms with Crippen LogP contribution in [0, 0.1) is 0 Å². The lowest BCUT2D eigenvalue weighted by atomic mass is 9.91.